The Bertz CT molecular complexity index is 465. The highest BCUT2D eigenvalue weighted by atomic mass is 19.1. The zero-order valence-corrected chi connectivity index (χ0v) is 10.1. The lowest BCUT2D eigenvalue weighted by Gasteiger charge is -2.24. The van der Waals surface area contributed by atoms with Gasteiger partial charge >= 0.3 is 0 Å². The van der Waals surface area contributed by atoms with Crippen molar-refractivity contribution >= 4 is 11.6 Å². The van der Waals surface area contributed by atoms with Crippen molar-refractivity contribution in [2.75, 3.05) is 11.4 Å². The molecule has 0 spiro atoms. The Morgan fingerprint density at radius 2 is 2.06 bits per heavy atom. The van der Waals surface area contributed by atoms with Crippen LogP contribution in [0.15, 0.2) is 30.4 Å². The van der Waals surface area contributed by atoms with Gasteiger partial charge in [0.25, 0.3) is 0 Å². The summed E-state index contributed by atoms with van der Waals surface area (Å²) >= 11 is 0. The lowest BCUT2D eigenvalue weighted by atomic mass is 10.0. The van der Waals surface area contributed by atoms with E-state index in [-0.39, 0.29) is 17.6 Å². The molecular weight excluding hydrogens is 217 g/mol. The number of hydrogen-bond donors (Lipinski definition) is 0. The number of carbonyl (C=O) groups is 1. The van der Waals surface area contributed by atoms with Gasteiger partial charge in [0.05, 0.1) is 0 Å². The van der Waals surface area contributed by atoms with Crippen LogP contribution >= 0.6 is 0 Å². The number of anilines is 1. The third-order valence-electron chi connectivity index (χ3n) is 2.97. The molecule has 1 aromatic carbocycles. The van der Waals surface area contributed by atoms with Gasteiger partial charge in [-0.2, -0.15) is 0 Å². The highest BCUT2D eigenvalue weighted by Crippen LogP contribution is 2.25. The molecule has 3 heteroatoms. The average molecular weight is 233 g/mol. The molecule has 1 aliphatic rings. The highest BCUT2D eigenvalue weighted by Gasteiger charge is 2.18. The molecule has 1 amide bonds. The summed E-state index contributed by atoms with van der Waals surface area (Å²) in [6, 6.07) is 5.03. The van der Waals surface area contributed by atoms with Gasteiger partial charge in [-0.1, -0.05) is 32.1 Å². The first-order valence-electron chi connectivity index (χ1n) is 5.84. The van der Waals surface area contributed by atoms with Crippen LogP contribution in [-0.4, -0.2) is 12.5 Å². The maximum Gasteiger partial charge on any atom is 0.231 e. The van der Waals surface area contributed by atoms with E-state index in [1.165, 1.54) is 6.07 Å². The smallest absolute Gasteiger partial charge is 0.231 e. The minimum atomic E-state index is -0.236. The molecule has 1 heterocycles. The summed E-state index contributed by atoms with van der Waals surface area (Å²) in [7, 11) is 0. The number of nitrogens with zero attached hydrogens (tertiary/aromatic N) is 1. The van der Waals surface area contributed by atoms with E-state index < -0.39 is 0 Å². The van der Waals surface area contributed by atoms with E-state index in [0.717, 1.165) is 0 Å². The first kappa shape index (κ1) is 11.8. The Labute approximate surface area is 101 Å². The van der Waals surface area contributed by atoms with Gasteiger partial charge in [-0.05, 0) is 23.6 Å². The molecule has 0 bridgehead atoms. The summed E-state index contributed by atoms with van der Waals surface area (Å²) < 4.78 is 13.8. The number of halogens is 1. The Balaban J connectivity index is 2.31. The summed E-state index contributed by atoms with van der Waals surface area (Å²) in [4.78, 5) is 13.3. The fourth-order valence-corrected chi connectivity index (χ4v) is 1.98. The zero-order chi connectivity index (χ0) is 12.4. The summed E-state index contributed by atoms with van der Waals surface area (Å²) in [5.74, 6) is -0.0648. The van der Waals surface area contributed by atoms with E-state index >= 15 is 0 Å². The number of carbonyl (C=O) groups excluding carboxylic acids is 1. The molecule has 2 nitrogen and oxygen atoms in total. The molecule has 0 atom stereocenters. The van der Waals surface area contributed by atoms with Crippen molar-refractivity contribution in [1.82, 2.24) is 0 Å². The maximum atomic E-state index is 13.8. The van der Waals surface area contributed by atoms with Gasteiger partial charge in [-0.15, -0.1) is 0 Å². The predicted molar refractivity (Wildman–Crippen MR) is 66.6 cm³/mol. The van der Waals surface area contributed by atoms with Crippen LogP contribution in [0.5, 0.6) is 0 Å². The minimum Gasteiger partial charge on any atom is -0.308 e. The van der Waals surface area contributed by atoms with Crippen LogP contribution in [0.25, 0.3) is 0 Å². The van der Waals surface area contributed by atoms with Gasteiger partial charge in [0.2, 0.25) is 5.91 Å². The molecule has 0 radical (unpaired) electrons. The molecule has 0 saturated heterocycles. The van der Waals surface area contributed by atoms with Crippen LogP contribution in [0.4, 0.5) is 10.1 Å². The molecule has 0 saturated carbocycles. The van der Waals surface area contributed by atoms with Gasteiger partial charge in [0, 0.05) is 18.7 Å². The van der Waals surface area contributed by atoms with Crippen LogP contribution in [-0.2, 0) is 4.79 Å². The zero-order valence-electron chi connectivity index (χ0n) is 10.1. The molecule has 90 valence electrons. The van der Waals surface area contributed by atoms with Crippen molar-refractivity contribution < 1.29 is 9.18 Å². The average Bonchev–Trinajstić information content (AvgIpc) is 2.29. The molecule has 0 fully saturated rings. The van der Waals surface area contributed by atoms with E-state index in [4.69, 9.17) is 0 Å². The van der Waals surface area contributed by atoms with Gasteiger partial charge in [-0.25, -0.2) is 4.39 Å². The third kappa shape index (κ3) is 2.38. The predicted octanol–water partition coefficient (Wildman–Crippen LogP) is 3.24. The molecule has 0 N–H and O–H groups in total. The van der Waals surface area contributed by atoms with Crippen LogP contribution in [0.2, 0.25) is 0 Å². The van der Waals surface area contributed by atoms with Crippen molar-refractivity contribution in [3.05, 3.63) is 41.7 Å². The van der Waals surface area contributed by atoms with E-state index in [2.05, 4.69) is 0 Å². The summed E-state index contributed by atoms with van der Waals surface area (Å²) in [5, 5.41) is 0. The van der Waals surface area contributed by atoms with Crippen LogP contribution in [0.3, 0.4) is 0 Å². The Morgan fingerprint density at radius 3 is 2.65 bits per heavy atom. The van der Waals surface area contributed by atoms with Crippen molar-refractivity contribution in [2.45, 2.75) is 26.2 Å². The van der Waals surface area contributed by atoms with Crippen LogP contribution in [0.1, 0.15) is 31.7 Å². The van der Waals surface area contributed by atoms with Gasteiger partial charge in [-0.3, -0.25) is 4.79 Å². The second-order valence-electron chi connectivity index (χ2n) is 4.54. The fourth-order valence-electron chi connectivity index (χ4n) is 1.98. The molecule has 0 unspecified atom stereocenters. The summed E-state index contributed by atoms with van der Waals surface area (Å²) in [6.45, 7) is 4.43. The number of hydrogen-bond acceptors (Lipinski definition) is 1. The summed E-state index contributed by atoms with van der Waals surface area (Å²) in [6.07, 6.45) is 4.17. The monoisotopic (exact) mass is 233 g/mol. The topological polar surface area (TPSA) is 20.3 Å². The second kappa shape index (κ2) is 4.70. The molecule has 0 aliphatic carbocycles. The quantitative estimate of drug-likeness (QED) is 0.718. The Morgan fingerprint density at radius 1 is 1.29 bits per heavy atom. The Kier molecular flexibility index (Phi) is 3.27. The van der Waals surface area contributed by atoms with E-state index in [0.29, 0.717) is 24.2 Å². The van der Waals surface area contributed by atoms with Crippen LogP contribution in [0, 0.1) is 5.82 Å². The third-order valence-corrected chi connectivity index (χ3v) is 2.97. The minimum absolute atomic E-state index is 0.0178. The molecule has 1 aliphatic heterocycles. The number of benzene rings is 1. The SMILES string of the molecule is CC(C)c1ccc(N2CC=CCC2=O)cc1F. The largest absolute Gasteiger partial charge is 0.308 e. The maximum absolute atomic E-state index is 13.8. The molecule has 2 rings (SSSR count). The van der Waals surface area contributed by atoms with Gasteiger partial charge in [0.1, 0.15) is 5.82 Å². The van der Waals surface area contributed by atoms with Crippen molar-refractivity contribution in [3.63, 3.8) is 0 Å². The normalized spacial score (nSPS) is 15.8. The first-order chi connectivity index (χ1) is 8.09. The standard InChI is InChI=1S/C14H16FNO/c1-10(2)12-7-6-11(9-13(12)15)16-8-4-3-5-14(16)17/h3-4,6-7,9-10H,5,8H2,1-2H3. The van der Waals surface area contributed by atoms with E-state index in [1.807, 2.05) is 32.1 Å². The van der Waals surface area contributed by atoms with E-state index in [1.54, 1.807) is 11.0 Å². The van der Waals surface area contributed by atoms with Gasteiger partial charge in [0.15, 0.2) is 0 Å². The number of amides is 1. The molecule has 0 aromatic heterocycles. The number of rotatable bonds is 2. The highest BCUT2D eigenvalue weighted by molar-refractivity contribution is 5.95. The fraction of sp³-hybridized carbons (Fsp3) is 0.357. The lowest BCUT2D eigenvalue weighted by molar-refractivity contribution is -0.117. The van der Waals surface area contributed by atoms with Crippen molar-refractivity contribution in [3.8, 4) is 0 Å². The Hall–Kier alpha value is -1.64. The summed E-state index contributed by atoms with van der Waals surface area (Å²) in [5.41, 5.74) is 1.33. The molecule has 17 heavy (non-hydrogen) atoms. The first-order valence-corrected chi connectivity index (χ1v) is 5.84. The second-order valence-corrected chi connectivity index (χ2v) is 4.54. The van der Waals surface area contributed by atoms with Crippen molar-refractivity contribution in [1.29, 1.82) is 0 Å². The lowest BCUT2D eigenvalue weighted by Crippen LogP contribution is -2.32. The van der Waals surface area contributed by atoms with Crippen molar-refractivity contribution in [2.24, 2.45) is 0 Å². The molecule has 1 aromatic rings. The van der Waals surface area contributed by atoms with Gasteiger partial charge < -0.3 is 4.90 Å². The van der Waals surface area contributed by atoms with E-state index in [9.17, 15) is 9.18 Å². The van der Waals surface area contributed by atoms with Crippen LogP contribution < -0.4 is 4.90 Å². The molecular formula is C14H16FNO.